The van der Waals surface area contributed by atoms with Gasteiger partial charge in [-0.1, -0.05) is 18.7 Å². The minimum atomic E-state index is -0.645. The molecule has 0 atom stereocenters. The van der Waals surface area contributed by atoms with E-state index in [9.17, 15) is 9.59 Å². The third-order valence-electron chi connectivity index (χ3n) is 2.02. The van der Waals surface area contributed by atoms with Crippen molar-refractivity contribution in [1.82, 2.24) is 5.48 Å². The standard InChI is InChI=1S/C11H11NO3/c1-3-8-4-5-9(11(14)12-15)6-10(8)7(2)13/h3-6,15H,1H2,2H3,(H,12,14). The van der Waals surface area contributed by atoms with E-state index in [0.717, 1.165) is 0 Å². The molecule has 0 aromatic heterocycles. The molecule has 1 aromatic carbocycles. The van der Waals surface area contributed by atoms with Gasteiger partial charge < -0.3 is 0 Å². The number of Topliss-reactive ketones (excluding diaryl/α,β-unsaturated/α-hetero) is 1. The van der Waals surface area contributed by atoms with Crippen molar-refractivity contribution in [2.75, 3.05) is 0 Å². The first-order valence-electron chi connectivity index (χ1n) is 4.32. The topological polar surface area (TPSA) is 66.4 Å². The Hall–Kier alpha value is -1.94. The Morgan fingerprint density at radius 2 is 2.13 bits per heavy atom. The molecule has 1 rings (SSSR count). The molecule has 0 bridgehead atoms. The van der Waals surface area contributed by atoms with Crippen molar-refractivity contribution in [3.05, 3.63) is 41.5 Å². The van der Waals surface area contributed by atoms with Crippen LogP contribution in [0.2, 0.25) is 0 Å². The lowest BCUT2D eigenvalue weighted by Gasteiger charge is -2.04. The largest absolute Gasteiger partial charge is 0.294 e. The van der Waals surface area contributed by atoms with Gasteiger partial charge in [0.25, 0.3) is 5.91 Å². The minimum Gasteiger partial charge on any atom is -0.294 e. The molecule has 0 spiro atoms. The second-order valence-electron chi connectivity index (χ2n) is 3.00. The Morgan fingerprint density at radius 1 is 1.47 bits per heavy atom. The summed E-state index contributed by atoms with van der Waals surface area (Å²) in [6.45, 7) is 4.97. The number of ketones is 1. The molecule has 4 nitrogen and oxygen atoms in total. The lowest BCUT2D eigenvalue weighted by Crippen LogP contribution is -2.19. The van der Waals surface area contributed by atoms with E-state index >= 15 is 0 Å². The molecule has 15 heavy (non-hydrogen) atoms. The lowest BCUT2D eigenvalue weighted by atomic mass is 10.0. The third-order valence-corrected chi connectivity index (χ3v) is 2.02. The molecule has 2 N–H and O–H groups in total. The van der Waals surface area contributed by atoms with Gasteiger partial charge in [-0.3, -0.25) is 14.8 Å². The SMILES string of the molecule is C=Cc1ccc(C(=O)NO)cc1C(C)=O. The Balaban J connectivity index is 3.27. The zero-order chi connectivity index (χ0) is 11.4. The monoisotopic (exact) mass is 205 g/mol. The third kappa shape index (κ3) is 2.30. The molecule has 0 unspecified atom stereocenters. The van der Waals surface area contributed by atoms with Gasteiger partial charge >= 0.3 is 0 Å². The van der Waals surface area contributed by atoms with Crippen molar-refractivity contribution in [1.29, 1.82) is 0 Å². The van der Waals surface area contributed by atoms with Crippen LogP contribution in [-0.2, 0) is 0 Å². The molecule has 0 saturated carbocycles. The predicted octanol–water partition coefficient (Wildman–Crippen LogP) is 1.65. The fourth-order valence-corrected chi connectivity index (χ4v) is 1.24. The highest BCUT2D eigenvalue weighted by molar-refractivity contribution is 6.01. The van der Waals surface area contributed by atoms with E-state index in [0.29, 0.717) is 11.1 Å². The van der Waals surface area contributed by atoms with Gasteiger partial charge in [-0.25, -0.2) is 5.48 Å². The van der Waals surface area contributed by atoms with Crippen LogP contribution in [0.1, 0.15) is 33.2 Å². The van der Waals surface area contributed by atoms with E-state index in [1.54, 1.807) is 6.07 Å². The summed E-state index contributed by atoms with van der Waals surface area (Å²) in [5.41, 5.74) is 2.81. The first-order chi connectivity index (χ1) is 7.10. The Kier molecular flexibility index (Phi) is 3.36. The minimum absolute atomic E-state index is 0.155. The Morgan fingerprint density at radius 3 is 2.60 bits per heavy atom. The van der Waals surface area contributed by atoms with Crippen molar-refractivity contribution in [2.24, 2.45) is 0 Å². The normalized spacial score (nSPS) is 9.47. The van der Waals surface area contributed by atoms with Gasteiger partial charge in [-0.2, -0.15) is 0 Å². The second kappa shape index (κ2) is 4.52. The van der Waals surface area contributed by atoms with Crippen molar-refractivity contribution in [3.63, 3.8) is 0 Å². The van der Waals surface area contributed by atoms with Crippen LogP contribution in [0.5, 0.6) is 0 Å². The maximum atomic E-state index is 11.2. The summed E-state index contributed by atoms with van der Waals surface area (Å²) in [7, 11) is 0. The molecule has 0 aliphatic heterocycles. The van der Waals surface area contributed by atoms with Gasteiger partial charge in [0.2, 0.25) is 0 Å². The van der Waals surface area contributed by atoms with Crippen LogP contribution >= 0.6 is 0 Å². The predicted molar refractivity (Wildman–Crippen MR) is 55.8 cm³/mol. The van der Waals surface area contributed by atoms with Crippen molar-refractivity contribution in [3.8, 4) is 0 Å². The first kappa shape index (κ1) is 11.1. The molecule has 78 valence electrons. The number of rotatable bonds is 3. The van der Waals surface area contributed by atoms with Gasteiger partial charge in [0.15, 0.2) is 5.78 Å². The van der Waals surface area contributed by atoms with Crippen LogP contribution in [0.25, 0.3) is 6.08 Å². The number of hydroxylamine groups is 1. The maximum Gasteiger partial charge on any atom is 0.274 e. The molecule has 0 aliphatic rings. The smallest absolute Gasteiger partial charge is 0.274 e. The highest BCUT2D eigenvalue weighted by Crippen LogP contribution is 2.14. The van der Waals surface area contributed by atoms with Crippen LogP contribution in [0, 0.1) is 0 Å². The summed E-state index contributed by atoms with van der Waals surface area (Å²) in [6.07, 6.45) is 1.54. The van der Waals surface area contributed by atoms with E-state index < -0.39 is 5.91 Å². The number of carbonyl (C=O) groups excluding carboxylic acids is 2. The van der Waals surface area contributed by atoms with Crippen LogP contribution in [0.4, 0.5) is 0 Å². The van der Waals surface area contributed by atoms with Crippen LogP contribution < -0.4 is 5.48 Å². The second-order valence-corrected chi connectivity index (χ2v) is 3.00. The number of carbonyl (C=O) groups is 2. The molecule has 0 fully saturated rings. The van der Waals surface area contributed by atoms with Gasteiger partial charge in [-0.05, 0) is 24.6 Å². The molecule has 0 radical (unpaired) electrons. The summed E-state index contributed by atoms with van der Waals surface area (Å²) in [5, 5.41) is 8.44. The fourth-order valence-electron chi connectivity index (χ4n) is 1.24. The number of hydrogen-bond donors (Lipinski definition) is 2. The molecule has 1 aromatic rings. The highest BCUT2D eigenvalue weighted by Gasteiger charge is 2.10. The summed E-state index contributed by atoms with van der Waals surface area (Å²) >= 11 is 0. The average Bonchev–Trinajstić information content (AvgIpc) is 2.27. The Bertz CT molecular complexity index is 424. The summed E-state index contributed by atoms with van der Waals surface area (Å²) in [6, 6.07) is 4.54. The van der Waals surface area contributed by atoms with Gasteiger partial charge in [0.05, 0.1) is 0 Å². The molecule has 1 amide bonds. The molecule has 4 heteroatoms. The summed E-state index contributed by atoms with van der Waals surface area (Å²) in [4.78, 5) is 22.3. The van der Waals surface area contributed by atoms with Crippen LogP contribution in [0.3, 0.4) is 0 Å². The van der Waals surface area contributed by atoms with E-state index in [1.165, 1.54) is 30.6 Å². The summed E-state index contributed by atoms with van der Waals surface area (Å²) in [5.74, 6) is -0.800. The number of amides is 1. The number of benzene rings is 1. The molecular weight excluding hydrogens is 194 g/mol. The fraction of sp³-hybridized carbons (Fsp3) is 0.0909. The van der Waals surface area contributed by atoms with Gasteiger partial charge in [0, 0.05) is 11.1 Å². The molecule has 0 heterocycles. The van der Waals surface area contributed by atoms with E-state index in [1.807, 2.05) is 0 Å². The van der Waals surface area contributed by atoms with E-state index in [-0.39, 0.29) is 11.3 Å². The summed E-state index contributed by atoms with van der Waals surface area (Å²) < 4.78 is 0. The molecular formula is C11H11NO3. The van der Waals surface area contributed by atoms with Crippen LogP contribution in [-0.4, -0.2) is 16.9 Å². The number of nitrogens with one attached hydrogen (secondary N) is 1. The Labute approximate surface area is 87.2 Å². The molecule has 0 saturated heterocycles. The van der Waals surface area contributed by atoms with Crippen molar-refractivity contribution in [2.45, 2.75) is 6.92 Å². The maximum absolute atomic E-state index is 11.2. The van der Waals surface area contributed by atoms with Gasteiger partial charge in [-0.15, -0.1) is 0 Å². The quantitative estimate of drug-likeness (QED) is 0.448. The lowest BCUT2D eigenvalue weighted by molar-refractivity contribution is 0.0706. The van der Waals surface area contributed by atoms with E-state index in [4.69, 9.17) is 5.21 Å². The first-order valence-corrected chi connectivity index (χ1v) is 4.32. The highest BCUT2D eigenvalue weighted by atomic mass is 16.5. The van der Waals surface area contributed by atoms with Crippen molar-refractivity contribution >= 4 is 17.8 Å². The van der Waals surface area contributed by atoms with E-state index in [2.05, 4.69) is 6.58 Å². The van der Waals surface area contributed by atoms with Crippen molar-refractivity contribution < 1.29 is 14.8 Å². The average molecular weight is 205 g/mol. The van der Waals surface area contributed by atoms with Crippen LogP contribution in [0.15, 0.2) is 24.8 Å². The number of hydrogen-bond acceptors (Lipinski definition) is 3. The van der Waals surface area contributed by atoms with Gasteiger partial charge in [0.1, 0.15) is 0 Å². The zero-order valence-corrected chi connectivity index (χ0v) is 8.28. The molecule has 0 aliphatic carbocycles. The zero-order valence-electron chi connectivity index (χ0n) is 8.28.